The molecule has 0 spiro atoms. The molecule has 2 N–H and O–H groups in total. The average Bonchev–Trinajstić information content (AvgIpc) is 1.85. The van der Waals surface area contributed by atoms with Gasteiger partial charge in [-0.3, -0.25) is 0 Å². The van der Waals surface area contributed by atoms with Gasteiger partial charge in [-0.1, -0.05) is 0 Å². The minimum atomic E-state index is 0.0561. The van der Waals surface area contributed by atoms with E-state index >= 15 is 0 Å². The fourth-order valence-electron chi connectivity index (χ4n) is 0.198. The van der Waals surface area contributed by atoms with E-state index in [9.17, 15) is 0 Å². The van der Waals surface area contributed by atoms with Gasteiger partial charge in [0.15, 0.2) is 0 Å². The fourth-order valence-corrected chi connectivity index (χ4v) is 0.276. The van der Waals surface area contributed by atoms with Gasteiger partial charge in [-0.05, 0) is 0 Å². The molecule has 0 rings (SSSR count). The number of aliphatic imine (C=N–C) groups is 1. The Hall–Kier alpha value is -0.176. The van der Waals surface area contributed by atoms with Crippen LogP contribution >= 0.6 is 0 Å². The van der Waals surface area contributed by atoms with Crippen LogP contribution in [0.4, 0.5) is 0 Å². The van der Waals surface area contributed by atoms with Crippen molar-refractivity contribution in [3.63, 3.8) is 0 Å². The molecule has 0 aliphatic rings. The minimum absolute atomic E-state index is 0.0561. The molecule has 0 radical (unpaired) electrons. The van der Waals surface area contributed by atoms with Crippen LogP contribution in [0.2, 0.25) is 0 Å². The van der Waals surface area contributed by atoms with Gasteiger partial charge in [-0.2, -0.15) is 0 Å². The fraction of sp³-hybridized carbons (Fsp3) is 0.333. The van der Waals surface area contributed by atoms with Crippen LogP contribution < -0.4 is 5.73 Å². The first kappa shape index (κ1) is 6.94. The standard InChI is InChI=1S/C6H9N2.V/c1-3-8-5-6(2)4-7;/h2,5H,4,7H2,1H3;/q-1;/i5D;. The van der Waals surface area contributed by atoms with E-state index in [2.05, 4.69) is 22.0 Å². The number of hydrogen-bond acceptors (Lipinski definition) is 2. The summed E-state index contributed by atoms with van der Waals surface area (Å²) in [5.74, 6) is 0. The third kappa shape index (κ3) is 5.70. The maximum atomic E-state index is 7.19. The summed E-state index contributed by atoms with van der Waals surface area (Å²) in [6.07, 6.45) is 0.0561. The van der Waals surface area contributed by atoms with Crippen molar-refractivity contribution in [1.82, 2.24) is 0 Å². The van der Waals surface area contributed by atoms with Gasteiger partial charge in [0.25, 0.3) is 0 Å². The molecule has 0 atom stereocenters. The van der Waals surface area contributed by atoms with E-state index < -0.39 is 0 Å². The summed E-state index contributed by atoms with van der Waals surface area (Å²) in [5.41, 5.74) is 5.48. The predicted octanol–water partition coefficient (Wildman–Crippen LogP) is 0.0719. The van der Waals surface area contributed by atoms with Crippen LogP contribution in [0, 0.1) is 6.58 Å². The summed E-state index contributed by atoms with van der Waals surface area (Å²) < 4.78 is 7.93. The average molecular weight is 161 g/mol. The van der Waals surface area contributed by atoms with Crippen molar-refractivity contribution in [3.8, 4) is 0 Å². The Balaban J connectivity index is 4.19. The summed E-state index contributed by atoms with van der Waals surface area (Å²) in [5, 5.41) is 0. The Morgan fingerprint density at radius 1 is 2.11 bits per heavy atom. The molecule has 0 amide bonds. The topological polar surface area (TPSA) is 38.4 Å². The van der Waals surface area contributed by atoms with Crippen LogP contribution in [0.3, 0.4) is 0 Å². The number of nitrogens with zero attached hydrogens (tertiary/aromatic N) is 1. The summed E-state index contributed by atoms with van der Waals surface area (Å²) in [6, 6.07) is 0. The van der Waals surface area contributed by atoms with Gasteiger partial charge in [0.2, 0.25) is 0 Å². The van der Waals surface area contributed by atoms with Crippen molar-refractivity contribution in [3.05, 3.63) is 12.2 Å². The second-order valence-corrected chi connectivity index (χ2v) is 2.51. The van der Waals surface area contributed by atoms with Crippen LogP contribution in [0.15, 0.2) is 10.6 Å². The first-order valence-electron chi connectivity index (χ1n) is 2.97. The van der Waals surface area contributed by atoms with Crippen molar-refractivity contribution in [1.29, 1.82) is 0 Å². The molecule has 0 fully saturated rings. The Kier molecular flexibility index (Phi) is 3.61. The van der Waals surface area contributed by atoms with Crippen LogP contribution in [0.1, 0.15) is 8.29 Å². The van der Waals surface area contributed by atoms with Gasteiger partial charge >= 0.3 is 65.2 Å². The van der Waals surface area contributed by atoms with Crippen molar-refractivity contribution < 1.29 is 18.3 Å². The van der Waals surface area contributed by atoms with Crippen molar-refractivity contribution >= 4 is 10.5 Å². The molecule has 0 aromatic heterocycles. The molecule has 49 valence electrons. The SMILES string of the molecule is [2H]C(=N[C](C)=[V])C(=[CH-])CN. The quantitative estimate of drug-likeness (QED) is 0.461. The van der Waals surface area contributed by atoms with E-state index in [1.54, 1.807) is 6.92 Å². The molecule has 9 heavy (non-hydrogen) atoms. The zero-order chi connectivity index (χ0) is 8.15. The second kappa shape index (κ2) is 4.68. The molecule has 0 heterocycles. The molecule has 0 saturated heterocycles. The Morgan fingerprint density at radius 2 is 2.67 bits per heavy atom. The molecule has 0 saturated carbocycles. The van der Waals surface area contributed by atoms with Gasteiger partial charge in [-0.15, -0.1) is 0 Å². The first-order valence-corrected chi connectivity index (χ1v) is 3.17. The Bertz CT molecular complexity index is 186. The molecule has 0 aliphatic heterocycles. The summed E-state index contributed by atoms with van der Waals surface area (Å²) in [7, 11) is 0. The molecule has 0 bridgehead atoms. The molecule has 3 heteroatoms. The van der Waals surface area contributed by atoms with Gasteiger partial charge in [0.05, 0.1) is 0 Å². The molecule has 0 aromatic rings. The zero-order valence-electron chi connectivity index (χ0n) is 6.26. The Morgan fingerprint density at radius 3 is 3.00 bits per heavy atom. The van der Waals surface area contributed by atoms with Crippen molar-refractivity contribution in [2.75, 3.05) is 6.54 Å². The van der Waals surface area contributed by atoms with Gasteiger partial charge in [0, 0.05) is 0 Å². The van der Waals surface area contributed by atoms with E-state index in [1.165, 1.54) is 0 Å². The number of hydrogen-bond donors (Lipinski definition) is 1. The summed E-state index contributed by atoms with van der Waals surface area (Å²) in [6.45, 7) is 7.28. The summed E-state index contributed by atoms with van der Waals surface area (Å²) >= 11 is 2.23. The molecule has 0 aliphatic carbocycles. The van der Waals surface area contributed by atoms with Crippen molar-refractivity contribution in [2.45, 2.75) is 6.92 Å². The van der Waals surface area contributed by atoms with Gasteiger partial charge in [0.1, 0.15) is 0 Å². The van der Waals surface area contributed by atoms with Crippen molar-refractivity contribution in [2.24, 2.45) is 10.7 Å². The Labute approximate surface area is 65.8 Å². The summed E-state index contributed by atoms with van der Waals surface area (Å²) in [4.78, 5) is 3.78. The van der Waals surface area contributed by atoms with E-state index in [0.29, 0.717) is 5.57 Å². The zero-order valence-corrected chi connectivity index (χ0v) is 6.65. The monoisotopic (exact) mass is 161 g/mol. The molecule has 0 unspecified atom stereocenters. The predicted molar refractivity (Wildman–Crippen MR) is 36.0 cm³/mol. The van der Waals surface area contributed by atoms with E-state index in [0.717, 1.165) is 4.35 Å². The maximum absolute atomic E-state index is 7.19. The molecule has 2 nitrogen and oxygen atoms in total. The van der Waals surface area contributed by atoms with Crippen LogP contribution in [-0.4, -0.2) is 17.1 Å². The third-order valence-corrected chi connectivity index (χ3v) is 0.737. The van der Waals surface area contributed by atoms with Gasteiger partial charge < -0.3 is 0 Å². The number of nitrogens with two attached hydrogens (primary N) is 1. The third-order valence-electron chi connectivity index (χ3n) is 0.581. The number of rotatable bonds is 3. The molecule has 0 aromatic carbocycles. The molecular formula is C6H9N2V-. The van der Waals surface area contributed by atoms with Gasteiger partial charge in [-0.25, -0.2) is 0 Å². The van der Waals surface area contributed by atoms with Crippen LogP contribution in [-0.2, 0) is 17.0 Å². The normalized spacial score (nSPS) is 12.6. The van der Waals surface area contributed by atoms with E-state index in [1.807, 2.05) is 0 Å². The van der Waals surface area contributed by atoms with Crippen LogP contribution in [0.5, 0.6) is 0 Å². The van der Waals surface area contributed by atoms with E-state index in [4.69, 9.17) is 13.7 Å². The van der Waals surface area contributed by atoms with E-state index in [-0.39, 0.29) is 12.7 Å². The first-order chi connectivity index (χ1) is 4.57. The molecular weight excluding hydrogens is 151 g/mol. The van der Waals surface area contributed by atoms with Crippen LogP contribution in [0.25, 0.3) is 0 Å². The second-order valence-electron chi connectivity index (χ2n) is 1.50.